The predicted octanol–water partition coefficient (Wildman–Crippen LogP) is 6.01. The Morgan fingerprint density at radius 3 is 2.30 bits per heavy atom. The number of anilines is 2. The van der Waals surface area contributed by atoms with E-state index in [0.29, 0.717) is 27.6 Å². The molecule has 0 aliphatic carbocycles. The van der Waals surface area contributed by atoms with Crippen molar-refractivity contribution in [2.75, 3.05) is 16.4 Å². The molecule has 3 N–H and O–H groups in total. The molecule has 4 rings (SSSR count). The molecular formula is C30H28N4O2S. The molecule has 3 aromatic rings. The van der Waals surface area contributed by atoms with E-state index in [4.69, 9.17) is 0 Å². The van der Waals surface area contributed by atoms with Crippen molar-refractivity contribution in [3.05, 3.63) is 117 Å². The van der Waals surface area contributed by atoms with Crippen LogP contribution in [0.1, 0.15) is 29.5 Å². The second kappa shape index (κ2) is 11.6. The first kappa shape index (κ1) is 25.8. The quantitative estimate of drug-likeness (QED) is 0.363. The molecule has 0 aromatic heterocycles. The van der Waals surface area contributed by atoms with Crippen LogP contribution >= 0.6 is 11.8 Å². The number of amides is 2. The number of nitrogens with one attached hydrogen (secondary N) is 3. The molecule has 0 fully saturated rings. The Kier molecular flexibility index (Phi) is 8.11. The standard InChI is InChI=1S/C30H28N4O2S/c1-19-14-15-20(2)25(16-19)34-26(35)18-37-30-24(17-31)28(22-10-6-4-7-11-22)27(21(3)32-30)29(36)33-23-12-8-5-9-13-23/h4-16,28,32H,18H2,1-3H3,(H,33,36)(H,34,35). The molecular weight excluding hydrogens is 480 g/mol. The minimum Gasteiger partial charge on any atom is -0.353 e. The summed E-state index contributed by atoms with van der Waals surface area (Å²) in [6, 6.07) is 26.9. The highest BCUT2D eigenvalue weighted by atomic mass is 32.2. The van der Waals surface area contributed by atoms with Crippen LogP contribution in [0.3, 0.4) is 0 Å². The van der Waals surface area contributed by atoms with E-state index in [9.17, 15) is 14.9 Å². The normalized spacial score (nSPS) is 15.0. The molecule has 1 aliphatic rings. The van der Waals surface area contributed by atoms with Crippen LogP contribution in [0, 0.1) is 25.2 Å². The van der Waals surface area contributed by atoms with Crippen molar-refractivity contribution in [2.24, 2.45) is 0 Å². The average molecular weight is 509 g/mol. The van der Waals surface area contributed by atoms with Crippen LogP contribution < -0.4 is 16.0 Å². The Morgan fingerprint density at radius 1 is 0.946 bits per heavy atom. The van der Waals surface area contributed by atoms with Gasteiger partial charge in [0.2, 0.25) is 5.91 Å². The molecule has 0 bridgehead atoms. The van der Waals surface area contributed by atoms with E-state index in [2.05, 4.69) is 22.0 Å². The lowest BCUT2D eigenvalue weighted by Crippen LogP contribution is -2.31. The zero-order valence-corrected chi connectivity index (χ0v) is 21.8. The molecule has 0 saturated heterocycles. The van der Waals surface area contributed by atoms with E-state index in [1.54, 1.807) is 0 Å². The van der Waals surface area contributed by atoms with E-state index >= 15 is 0 Å². The van der Waals surface area contributed by atoms with E-state index in [0.717, 1.165) is 22.4 Å². The van der Waals surface area contributed by atoms with E-state index in [1.165, 1.54) is 11.8 Å². The predicted molar refractivity (Wildman–Crippen MR) is 150 cm³/mol. The van der Waals surface area contributed by atoms with E-state index < -0.39 is 5.92 Å². The van der Waals surface area contributed by atoms with Crippen molar-refractivity contribution in [3.8, 4) is 6.07 Å². The van der Waals surface area contributed by atoms with Crippen LogP contribution in [0.25, 0.3) is 0 Å². The summed E-state index contributed by atoms with van der Waals surface area (Å²) < 4.78 is 0. The van der Waals surface area contributed by atoms with Gasteiger partial charge in [-0.25, -0.2) is 0 Å². The number of para-hydroxylation sites is 1. The van der Waals surface area contributed by atoms with Gasteiger partial charge in [-0.3, -0.25) is 9.59 Å². The first-order valence-electron chi connectivity index (χ1n) is 11.9. The van der Waals surface area contributed by atoms with E-state index in [-0.39, 0.29) is 17.6 Å². The van der Waals surface area contributed by atoms with Crippen molar-refractivity contribution in [1.29, 1.82) is 5.26 Å². The molecule has 1 aliphatic heterocycles. The molecule has 2 amide bonds. The number of hydrogen-bond donors (Lipinski definition) is 3. The van der Waals surface area contributed by atoms with Crippen LogP contribution in [0.5, 0.6) is 0 Å². The highest BCUT2D eigenvalue weighted by molar-refractivity contribution is 8.03. The summed E-state index contributed by atoms with van der Waals surface area (Å²) in [6.45, 7) is 5.74. The zero-order chi connectivity index (χ0) is 26.4. The molecule has 0 spiro atoms. The molecule has 186 valence electrons. The molecule has 6 nitrogen and oxygen atoms in total. The van der Waals surface area contributed by atoms with Crippen LogP contribution in [0.2, 0.25) is 0 Å². The zero-order valence-electron chi connectivity index (χ0n) is 21.0. The third-order valence-electron chi connectivity index (χ3n) is 6.07. The highest BCUT2D eigenvalue weighted by Gasteiger charge is 2.34. The minimum absolute atomic E-state index is 0.112. The van der Waals surface area contributed by atoms with Gasteiger partial charge < -0.3 is 16.0 Å². The van der Waals surface area contributed by atoms with Crippen molar-refractivity contribution >= 4 is 35.0 Å². The van der Waals surface area contributed by atoms with Gasteiger partial charge in [0.1, 0.15) is 0 Å². The fourth-order valence-corrected chi connectivity index (χ4v) is 5.11. The Labute approximate surface area is 221 Å². The number of allylic oxidation sites excluding steroid dienone is 2. The monoisotopic (exact) mass is 508 g/mol. The van der Waals surface area contributed by atoms with Crippen molar-refractivity contribution < 1.29 is 9.59 Å². The molecule has 37 heavy (non-hydrogen) atoms. The number of benzene rings is 3. The summed E-state index contributed by atoms with van der Waals surface area (Å²) in [7, 11) is 0. The molecule has 0 saturated carbocycles. The lowest BCUT2D eigenvalue weighted by molar-refractivity contribution is -0.114. The van der Waals surface area contributed by atoms with Crippen molar-refractivity contribution in [1.82, 2.24) is 5.32 Å². The van der Waals surface area contributed by atoms with Gasteiger partial charge in [0.25, 0.3) is 5.91 Å². The van der Waals surface area contributed by atoms with Gasteiger partial charge >= 0.3 is 0 Å². The van der Waals surface area contributed by atoms with Crippen molar-refractivity contribution in [2.45, 2.75) is 26.7 Å². The number of thioether (sulfide) groups is 1. The van der Waals surface area contributed by atoms with Gasteiger partial charge in [0.15, 0.2) is 0 Å². The summed E-state index contributed by atoms with van der Waals surface area (Å²) in [5.74, 6) is -0.910. The maximum atomic E-state index is 13.4. The van der Waals surface area contributed by atoms with Gasteiger partial charge in [0.05, 0.1) is 28.3 Å². The highest BCUT2D eigenvalue weighted by Crippen LogP contribution is 2.41. The average Bonchev–Trinajstić information content (AvgIpc) is 2.90. The minimum atomic E-state index is -0.569. The maximum absolute atomic E-state index is 13.4. The third-order valence-corrected chi connectivity index (χ3v) is 7.09. The molecule has 0 radical (unpaired) electrons. The summed E-state index contributed by atoms with van der Waals surface area (Å²) >= 11 is 1.26. The first-order chi connectivity index (χ1) is 17.9. The summed E-state index contributed by atoms with van der Waals surface area (Å²) in [5, 5.41) is 19.9. The number of rotatable bonds is 7. The van der Waals surface area contributed by atoms with Gasteiger partial charge in [-0.1, -0.05) is 72.4 Å². The number of nitriles is 1. The van der Waals surface area contributed by atoms with E-state index in [1.807, 2.05) is 99.6 Å². The van der Waals surface area contributed by atoms with Crippen LogP contribution in [0.15, 0.2) is 101 Å². The molecule has 3 aromatic carbocycles. The largest absolute Gasteiger partial charge is 0.353 e. The van der Waals surface area contributed by atoms with Gasteiger partial charge in [-0.2, -0.15) is 5.26 Å². The second-order valence-corrected chi connectivity index (χ2v) is 9.82. The number of aryl methyl sites for hydroxylation is 2. The SMILES string of the molecule is CC1=C(C(=O)Nc2ccccc2)C(c2ccccc2)C(C#N)=C(SCC(=O)Nc2cc(C)ccc2C)N1. The number of carbonyl (C=O) groups is 2. The maximum Gasteiger partial charge on any atom is 0.254 e. The molecule has 1 heterocycles. The summed E-state index contributed by atoms with van der Waals surface area (Å²) in [6.07, 6.45) is 0. The van der Waals surface area contributed by atoms with Gasteiger partial charge in [-0.15, -0.1) is 0 Å². The fourth-order valence-electron chi connectivity index (χ4n) is 4.22. The third kappa shape index (κ3) is 6.11. The Bertz CT molecular complexity index is 1420. The number of carbonyl (C=O) groups excluding carboxylic acids is 2. The van der Waals surface area contributed by atoms with Crippen molar-refractivity contribution in [3.63, 3.8) is 0 Å². The van der Waals surface area contributed by atoms with Gasteiger partial charge in [0, 0.05) is 22.6 Å². The summed E-state index contributed by atoms with van der Waals surface area (Å²) in [5.41, 5.74) is 5.82. The lowest BCUT2D eigenvalue weighted by Gasteiger charge is -2.30. The number of dihydropyridines is 1. The second-order valence-electron chi connectivity index (χ2n) is 8.84. The lowest BCUT2D eigenvalue weighted by atomic mass is 9.82. The fraction of sp³-hybridized carbons (Fsp3) is 0.167. The van der Waals surface area contributed by atoms with Gasteiger partial charge in [-0.05, 0) is 55.7 Å². The number of hydrogen-bond acceptors (Lipinski definition) is 5. The Balaban J connectivity index is 1.61. The summed E-state index contributed by atoms with van der Waals surface area (Å²) in [4.78, 5) is 26.2. The smallest absolute Gasteiger partial charge is 0.254 e. The topological polar surface area (TPSA) is 94.0 Å². The number of nitrogens with zero attached hydrogens (tertiary/aromatic N) is 1. The van der Waals surface area contributed by atoms with Crippen LogP contribution in [-0.4, -0.2) is 17.6 Å². The first-order valence-corrected chi connectivity index (χ1v) is 12.9. The molecule has 1 atom stereocenters. The van der Waals surface area contributed by atoms with Crippen LogP contribution in [0.4, 0.5) is 11.4 Å². The molecule has 7 heteroatoms. The Hall–Kier alpha value is -4.28. The van der Waals surface area contributed by atoms with Crippen LogP contribution in [-0.2, 0) is 9.59 Å². The Morgan fingerprint density at radius 2 is 1.62 bits per heavy atom. The molecule has 1 unspecified atom stereocenters.